The van der Waals surface area contributed by atoms with Crippen molar-refractivity contribution in [3.8, 4) is 5.75 Å². The molecule has 0 fully saturated rings. The van der Waals surface area contributed by atoms with Crippen LogP contribution in [0.25, 0.3) is 0 Å². The summed E-state index contributed by atoms with van der Waals surface area (Å²) in [6, 6.07) is 7.58. The molecule has 5 heteroatoms. The van der Waals surface area contributed by atoms with Crippen LogP contribution in [-0.4, -0.2) is 36.4 Å². The van der Waals surface area contributed by atoms with E-state index in [1.165, 1.54) is 4.90 Å². The second kappa shape index (κ2) is 7.67. The zero-order valence-corrected chi connectivity index (χ0v) is 13.1. The smallest absolute Gasteiger partial charge is 0.237 e. The number of nitrogens with zero attached hydrogens (tertiary/aromatic N) is 1. The summed E-state index contributed by atoms with van der Waals surface area (Å²) in [5.41, 5.74) is 6.19. The second-order valence-electron chi connectivity index (χ2n) is 5.43. The van der Waals surface area contributed by atoms with E-state index in [1.54, 1.807) is 7.11 Å². The second-order valence-corrected chi connectivity index (χ2v) is 5.43. The van der Waals surface area contributed by atoms with E-state index in [0.717, 1.165) is 11.3 Å². The highest BCUT2D eigenvalue weighted by atomic mass is 16.5. The minimum atomic E-state index is -0.498. The topological polar surface area (TPSA) is 72.6 Å². The molecule has 0 aliphatic carbocycles. The predicted molar refractivity (Wildman–Crippen MR) is 82.1 cm³/mol. The van der Waals surface area contributed by atoms with Crippen LogP contribution in [0.4, 0.5) is 0 Å². The molecular formula is C16H24N2O3. The predicted octanol–water partition coefficient (Wildman–Crippen LogP) is 1.91. The van der Waals surface area contributed by atoms with E-state index in [-0.39, 0.29) is 24.4 Å². The number of methoxy groups -OCH3 is 1. The largest absolute Gasteiger partial charge is 0.496 e. The Hall–Kier alpha value is -2.04. The molecule has 0 heterocycles. The van der Waals surface area contributed by atoms with Gasteiger partial charge < -0.3 is 15.4 Å². The van der Waals surface area contributed by atoms with E-state index in [1.807, 2.05) is 45.0 Å². The average molecular weight is 292 g/mol. The van der Waals surface area contributed by atoms with E-state index in [2.05, 4.69) is 0 Å². The Labute approximate surface area is 126 Å². The van der Waals surface area contributed by atoms with Crippen molar-refractivity contribution >= 4 is 11.8 Å². The molecule has 0 bridgehead atoms. The molecule has 0 radical (unpaired) electrons. The molecule has 0 spiro atoms. The van der Waals surface area contributed by atoms with Crippen molar-refractivity contribution in [1.29, 1.82) is 0 Å². The molecule has 1 aromatic carbocycles. The van der Waals surface area contributed by atoms with Gasteiger partial charge >= 0.3 is 0 Å². The number of primary amides is 1. The molecule has 0 aliphatic heterocycles. The van der Waals surface area contributed by atoms with Gasteiger partial charge in [-0.15, -0.1) is 0 Å². The van der Waals surface area contributed by atoms with Crippen LogP contribution in [0.15, 0.2) is 24.3 Å². The van der Waals surface area contributed by atoms with Crippen molar-refractivity contribution in [3.05, 3.63) is 29.8 Å². The van der Waals surface area contributed by atoms with Gasteiger partial charge in [-0.25, -0.2) is 0 Å². The summed E-state index contributed by atoms with van der Waals surface area (Å²) in [7, 11) is 1.61. The van der Waals surface area contributed by atoms with Gasteiger partial charge in [-0.3, -0.25) is 9.59 Å². The number of para-hydroxylation sites is 1. The van der Waals surface area contributed by atoms with Crippen LogP contribution in [0.1, 0.15) is 38.7 Å². The molecule has 2 N–H and O–H groups in total. The Kier molecular flexibility index (Phi) is 6.21. The third kappa shape index (κ3) is 4.77. The lowest BCUT2D eigenvalue weighted by atomic mass is 9.96. The van der Waals surface area contributed by atoms with E-state index in [4.69, 9.17) is 10.5 Å². The maximum Gasteiger partial charge on any atom is 0.237 e. The highest BCUT2D eigenvalue weighted by Gasteiger charge is 2.22. The minimum Gasteiger partial charge on any atom is -0.496 e. The molecule has 2 amide bonds. The lowest BCUT2D eigenvalue weighted by Gasteiger charge is -2.27. The number of carbonyl (C=O) groups excluding carboxylic acids is 2. The van der Waals surface area contributed by atoms with Gasteiger partial charge in [0.05, 0.1) is 13.7 Å². The van der Waals surface area contributed by atoms with Gasteiger partial charge in [0, 0.05) is 12.5 Å². The lowest BCUT2D eigenvalue weighted by molar-refractivity contribution is -0.137. The Morgan fingerprint density at radius 2 is 1.86 bits per heavy atom. The number of benzene rings is 1. The molecule has 1 atom stereocenters. The van der Waals surface area contributed by atoms with Gasteiger partial charge in [0.2, 0.25) is 11.8 Å². The summed E-state index contributed by atoms with van der Waals surface area (Å²) in [5.74, 6) is 0.191. The van der Waals surface area contributed by atoms with Crippen LogP contribution in [-0.2, 0) is 9.59 Å². The van der Waals surface area contributed by atoms with Crippen molar-refractivity contribution < 1.29 is 14.3 Å². The van der Waals surface area contributed by atoms with E-state index in [0.29, 0.717) is 6.42 Å². The van der Waals surface area contributed by atoms with Gasteiger partial charge in [-0.2, -0.15) is 0 Å². The Balaban J connectivity index is 2.82. The molecule has 1 rings (SSSR count). The zero-order chi connectivity index (χ0) is 16.0. The first kappa shape index (κ1) is 17.0. The standard InChI is InChI=1S/C16H24N2O3/c1-11(2)18(10-15(17)19)16(20)9-12(3)13-7-5-6-8-14(13)21-4/h5-8,11-12H,9-10H2,1-4H3,(H2,17,19)/t12-/m1/s1. The fourth-order valence-electron chi connectivity index (χ4n) is 2.29. The average Bonchev–Trinajstić information content (AvgIpc) is 2.43. The fourth-order valence-corrected chi connectivity index (χ4v) is 2.29. The van der Waals surface area contributed by atoms with Crippen molar-refractivity contribution in [2.75, 3.05) is 13.7 Å². The SMILES string of the molecule is COc1ccccc1[C@H](C)CC(=O)N(CC(N)=O)C(C)C. The highest BCUT2D eigenvalue weighted by molar-refractivity contribution is 5.84. The van der Waals surface area contributed by atoms with Gasteiger partial charge in [0.25, 0.3) is 0 Å². The summed E-state index contributed by atoms with van der Waals surface area (Å²) in [6.45, 7) is 5.66. The first-order chi connectivity index (χ1) is 9.86. The quantitative estimate of drug-likeness (QED) is 0.834. The van der Waals surface area contributed by atoms with Crippen LogP contribution in [0.2, 0.25) is 0 Å². The monoisotopic (exact) mass is 292 g/mol. The first-order valence-corrected chi connectivity index (χ1v) is 7.07. The van der Waals surface area contributed by atoms with Crippen molar-refractivity contribution in [1.82, 2.24) is 4.90 Å². The molecule has 1 aromatic rings. The Morgan fingerprint density at radius 3 is 2.38 bits per heavy atom. The van der Waals surface area contributed by atoms with Crippen LogP contribution in [0, 0.1) is 0 Å². The van der Waals surface area contributed by atoms with Gasteiger partial charge in [-0.1, -0.05) is 25.1 Å². The molecule has 0 unspecified atom stereocenters. The van der Waals surface area contributed by atoms with Gasteiger partial charge in [0.15, 0.2) is 0 Å². The van der Waals surface area contributed by atoms with Gasteiger partial charge in [-0.05, 0) is 31.4 Å². The number of hydrogen-bond acceptors (Lipinski definition) is 3. The van der Waals surface area contributed by atoms with Crippen LogP contribution >= 0.6 is 0 Å². The summed E-state index contributed by atoms with van der Waals surface area (Å²) < 4.78 is 5.32. The number of amides is 2. The highest BCUT2D eigenvalue weighted by Crippen LogP contribution is 2.29. The molecule has 116 valence electrons. The number of ether oxygens (including phenoxy) is 1. The van der Waals surface area contributed by atoms with Crippen LogP contribution in [0.3, 0.4) is 0 Å². The van der Waals surface area contributed by atoms with Crippen molar-refractivity contribution in [2.24, 2.45) is 5.73 Å². The fraction of sp³-hybridized carbons (Fsp3) is 0.500. The van der Waals surface area contributed by atoms with Gasteiger partial charge in [0.1, 0.15) is 5.75 Å². The van der Waals surface area contributed by atoms with Crippen LogP contribution < -0.4 is 10.5 Å². The minimum absolute atomic E-state index is 0.00257. The third-order valence-corrected chi connectivity index (χ3v) is 3.42. The third-order valence-electron chi connectivity index (χ3n) is 3.42. The maximum absolute atomic E-state index is 12.4. The van der Waals surface area contributed by atoms with E-state index < -0.39 is 5.91 Å². The number of hydrogen-bond donors (Lipinski definition) is 1. The zero-order valence-electron chi connectivity index (χ0n) is 13.1. The summed E-state index contributed by atoms with van der Waals surface area (Å²) in [6.07, 6.45) is 0.311. The van der Waals surface area contributed by atoms with E-state index >= 15 is 0 Å². The van der Waals surface area contributed by atoms with Crippen molar-refractivity contribution in [3.63, 3.8) is 0 Å². The summed E-state index contributed by atoms with van der Waals surface area (Å²) in [5, 5.41) is 0. The number of carbonyl (C=O) groups is 2. The molecule has 0 aliphatic rings. The molecular weight excluding hydrogens is 268 g/mol. The first-order valence-electron chi connectivity index (χ1n) is 7.07. The van der Waals surface area contributed by atoms with Crippen LogP contribution in [0.5, 0.6) is 5.75 Å². The lowest BCUT2D eigenvalue weighted by Crippen LogP contribution is -2.43. The molecule has 0 aromatic heterocycles. The number of nitrogens with two attached hydrogens (primary N) is 1. The molecule has 21 heavy (non-hydrogen) atoms. The maximum atomic E-state index is 12.4. The summed E-state index contributed by atoms with van der Waals surface area (Å²) >= 11 is 0. The molecule has 5 nitrogen and oxygen atoms in total. The number of rotatable bonds is 7. The van der Waals surface area contributed by atoms with Crippen molar-refractivity contribution in [2.45, 2.75) is 39.2 Å². The Bertz CT molecular complexity index is 500. The molecule has 0 saturated carbocycles. The Morgan fingerprint density at radius 1 is 1.24 bits per heavy atom. The summed E-state index contributed by atoms with van der Waals surface area (Å²) in [4.78, 5) is 25.0. The molecule has 0 saturated heterocycles. The normalized spacial score (nSPS) is 12.0. The van der Waals surface area contributed by atoms with E-state index in [9.17, 15) is 9.59 Å².